The largest absolute Gasteiger partial charge is 0.438 e. The molecule has 1 aliphatic carbocycles. The van der Waals surface area contributed by atoms with Gasteiger partial charge in [-0.3, -0.25) is 4.79 Å². The van der Waals surface area contributed by atoms with Crippen LogP contribution in [0.1, 0.15) is 29.6 Å². The van der Waals surface area contributed by atoms with Crippen molar-refractivity contribution < 1.29 is 17.9 Å². The number of carbonyl (C=O) groups is 1. The normalized spacial score (nSPS) is 17.4. The Morgan fingerprint density at radius 3 is 2.60 bits per heavy atom. The lowest BCUT2D eigenvalue weighted by molar-refractivity contribution is 0.0937. The fourth-order valence-corrected chi connectivity index (χ4v) is 3.55. The van der Waals surface area contributed by atoms with Crippen molar-refractivity contribution in [1.29, 1.82) is 0 Å². The molecule has 30 heavy (non-hydrogen) atoms. The van der Waals surface area contributed by atoms with Crippen molar-refractivity contribution in [3.8, 4) is 11.6 Å². The Hall–Kier alpha value is -2.94. The van der Waals surface area contributed by atoms with Gasteiger partial charge < -0.3 is 15.0 Å². The summed E-state index contributed by atoms with van der Waals surface area (Å²) >= 11 is 0. The number of anilines is 1. The molecule has 1 aromatic heterocycles. The average Bonchev–Trinajstić information content (AvgIpc) is 3.49. The van der Waals surface area contributed by atoms with E-state index >= 15 is 0 Å². The van der Waals surface area contributed by atoms with Crippen LogP contribution in [-0.2, 0) is 9.84 Å². The van der Waals surface area contributed by atoms with Gasteiger partial charge in [0.25, 0.3) is 5.91 Å². The molecule has 1 N–H and O–H groups in total. The van der Waals surface area contributed by atoms with Crippen LogP contribution in [0.15, 0.2) is 48.0 Å². The number of amides is 1. The quantitative estimate of drug-likeness (QED) is 0.689. The van der Waals surface area contributed by atoms with Gasteiger partial charge in [0, 0.05) is 31.0 Å². The van der Waals surface area contributed by atoms with Crippen molar-refractivity contribution in [2.24, 2.45) is 5.92 Å². The standard InChI is InChI=1S/C21H24N4O4S/c1-30(27,28)13-10-18(15-8-9-15)23-19(26)17-14-22-21(25-11-5-12-25)24-20(17)29-16-6-3-2-4-7-16/h2-4,6-7,10,13-15,18H,5,8-9,11-12H2,1H3,(H,23,26)/b13-10+/t18-/m1/s1. The molecule has 9 heteroatoms. The molecular formula is C21H24N4O4S. The number of ether oxygens (including phenoxy) is 1. The molecular weight excluding hydrogens is 404 g/mol. The Labute approximate surface area is 175 Å². The van der Waals surface area contributed by atoms with Crippen molar-refractivity contribution >= 4 is 21.7 Å². The van der Waals surface area contributed by atoms with E-state index in [9.17, 15) is 13.2 Å². The molecule has 1 saturated carbocycles. The molecule has 0 spiro atoms. The molecule has 4 rings (SSSR count). The second-order valence-electron chi connectivity index (χ2n) is 7.64. The molecule has 2 aliphatic rings. The van der Waals surface area contributed by atoms with E-state index in [1.807, 2.05) is 23.1 Å². The smallest absolute Gasteiger partial charge is 0.258 e. The monoisotopic (exact) mass is 428 g/mol. The molecule has 0 unspecified atom stereocenters. The van der Waals surface area contributed by atoms with Crippen LogP contribution in [0, 0.1) is 5.92 Å². The van der Waals surface area contributed by atoms with Crippen LogP contribution >= 0.6 is 0 Å². The Morgan fingerprint density at radius 1 is 1.27 bits per heavy atom. The van der Waals surface area contributed by atoms with E-state index in [1.54, 1.807) is 12.1 Å². The number of sulfone groups is 1. The minimum Gasteiger partial charge on any atom is -0.438 e. The van der Waals surface area contributed by atoms with Gasteiger partial charge in [-0.1, -0.05) is 24.3 Å². The average molecular weight is 429 g/mol. The van der Waals surface area contributed by atoms with E-state index in [-0.39, 0.29) is 23.4 Å². The van der Waals surface area contributed by atoms with Crippen LogP contribution in [-0.4, -0.2) is 49.7 Å². The first kappa shape index (κ1) is 20.3. The highest BCUT2D eigenvalue weighted by atomic mass is 32.2. The SMILES string of the molecule is CS(=O)(=O)/C=C/[C@@H](NC(=O)c1cnc(N2CCC2)nc1Oc1ccccc1)C1CC1. The predicted molar refractivity (Wildman–Crippen MR) is 113 cm³/mol. The lowest BCUT2D eigenvalue weighted by Gasteiger charge is -2.31. The van der Waals surface area contributed by atoms with Crippen LogP contribution in [0.5, 0.6) is 11.6 Å². The zero-order valence-corrected chi connectivity index (χ0v) is 17.5. The van der Waals surface area contributed by atoms with Crippen molar-refractivity contribution in [3.05, 3.63) is 53.6 Å². The third kappa shape index (κ3) is 5.15. The maximum Gasteiger partial charge on any atom is 0.258 e. The summed E-state index contributed by atoms with van der Waals surface area (Å²) in [6.45, 7) is 1.74. The molecule has 158 valence electrons. The number of nitrogens with one attached hydrogen (secondary N) is 1. The maximum absolute atomic E-state index is 13.0. The van der Waals surface area contributed by atoms with Crippen molar-refractivity contribution in [1.82, 2.24) is 15.3 Å². The summed E-state index contributed by atoms with van der Waals surface area (Å²) in [6.07, 6.45) is 7.10. The molecule has 0 radical (unpaired) electrons. The van der Waals surface area contributed by atoms with Gasteiger partial charge in [-0.2, -0.15) is 4.98 Å². The maximum atomic E-state index is 13.0. The van der Waals surface area contributed by atoms with E-state index in [2.05, 4.69) is 15.3 Å². The van der Waals surface area contributed by atoms with E-state index in [0.717, 1.165) is 44.0 Å². The predicted octanol–water partition coefficient (Wildman–Crippen LogP) is 2.55. The Morgan fingerprint density at radius 2 is 2.00 bits per heavy atom. The number of benzene rings is 1. The minimum atomic E-state index is -3.27. The highest BCUT2D eigenvalue weighted by Crippen LogP contribution is 2.34. The van der Waals surface area contributed by atoms with Gasteiger partial charge in [-0.05, 0) is 37.3 Å². The van der Waals surface area contributed by atoms with Crippen molar-refractivity contribution in [2.75, 3.05) is 24.2 Å². The number of hydrogen-bond donors (Lipinski definition) is 1. The number of nitrogens with zero attached hydrogens (tertiary/aromatic N) is 3. The summed E-state index contributed by atoms with van der Waals surface area (Å²) in [5, 5.41) is 4.05. The first-order chi connectivity index (χ1) is 14.4. The van der Waals surface area contributed by atoms with Gasteiger partial charge >= 0.3 is 0 Å². The number of aromatic nitrogens is 2. The zero-order valence-electron chi connectivity index (χ0n) is 16.7. The number of carbonyl (C=O) groups excluding carboxylic acids is 1. The molecule has 1 atom stereocenters. The molecule has 1 aliphatic heterocycles. The molecule has 1 aromatic carbocycles. The molecule has 1 saturated heterocycles. The summed E-state index contributed by atoms with van der Waals surface area (Å²) in [7, 11) is -3.27. The summed E-state index contributed by atoms with van der Waals surface area (Å²) in [5.74, 6) is 1.10. The van der Waals surface area contributed by atoms with E-state index in [4.69, 9.17) is 4.74 Å². The van der Waals surface area contributed by atoms with E-state index in [1.165, 1.54) is 12.3 Å². The summed E-state index contributed by atoms with van der Waals surface area (Å²) in [6, 6.07) is 8.76. The van der Waals surface area contributed by atoms with Crippen LogP contribution in [0.25, 0.3) is 0 Å². The van der Waals surface area contributed by atoms with Gasteiger partial charge in [-0.25, -0.2) is 13.4 Å². The summed E-state index contributed by atoms with van der Waals surface area (Å²) in [4.78, 5) is 23.9. The Balaban J connectivity index is 1.59. The Kier molecular flexibility index (Phi) is 5.72. The second kappa shape index (κ2) is 8.43. The summed E-state index contributed by atoms with van der Waals surface area (Å²) < 4.78 is 28.9. The van der Waals surface area contributed by atoms with Crippen molar-refractivity contribution in [2.45, 2.75) is 25.3 Å². The molecule has 1 amide bonds. The van der Waals surface area contributed by atoms with E-state index in [0.29, 0.717) is 11.7 Å². The highest BCUT2D eigenvalue weighted by molar-refractivity contribution is 7.93. The highest BCUT2D eigenvalue weighted by Gasteiger charge is 2.32. The van der Waals surface area contributed by atoms with Gasteiger partial charge in [0.1, 0.15) is 11.3 Å². The third-order valence-electron chi connectivity index (χ3n) is 5.04. The number of rotatable bonds is 8. The minimum absolute atomic E-state index is 0.178. The molecule has 8 nitrogen and oxygen atoms in total. The van der Waals surface area contributed by atoms with E-state index < -0.39 is 15.7 Å². The fraction of sp³-hybridized carbons (Fsp3) is 0.381. The third-order valence-corrected chi connectivity index (χ3v) is 5.69. The molecule has 2 heterocycles. The van der Waals surface area contributed by atoms with Crippen molar-refractivity contribution in [3.63, 3.8) is 0 Å². The molecule has 0 bridgehead atoms. The topological polar surface area (TPSA) is 101 Å². The first-order valence-corrected chi connectivity index (χ1v) is 11.9. The Bertz CT molecular complexity index is 1050. The van der Waals surface area contributed by atoms with Crippen LogP contribution < -0.4 is 15.0 Å². The molecule has 2 fully saturated rings. The van der Waals surface area contributed by atoms with Crippen LogP contribution in [0.4, 0.5) is 5.95 Å². The number of para-hydroxylation sites is 1. The van der Waals surface area contributed by atoms with Gasteiger partial charge in [0.05, 0.1) is 6.04 Å². The second-order valence-corrected chi connectivity index (χ2v) is 9.57. The zero-order chi connectivity index (χ0) is 21.1. The van der Waals surface area contributed by atoms with Crippen LogP contribution in [0.3, 0.4) is 0 Å². The lowest BCUT2D eigenvalue weighted by atomic mass is 10.1. The van der Waals surface area contributed by atoms with Gasteiger partial charge in [0.2, 0.25) is 11.8 Å². The fourth-order valence-electron chi connectivity index (χ4n) is 3.09. The number of hydrogen-bond acceptors (Lipinski definition) is 7. The van der Waals surface area contributed by atoms with Gasteiger partial charge in [0.15, 0.2) is 9.84 Å². The summed E-state index contributed by atoms with van der Waals surface area (Å²) in [5.41, 5.74) is 0.210. The van der Waals surface area contributed by atoms with Crippen LogP contribution in [0.2, 0.25) is 0 Å². The molecule has 2 aromatic rings. The lowest BCUT2D eigenvalue weighted by Crippen LogP contribution is -2.39. The van der Waals surface area contributed by atoms with Gasteiger partial charge in [-0.15, -0.1) is 0 Å². The first-order valence-electron chi connectivity index (χ1n) is 9.93.